The molecule has 1 aromatic heterocycles. The zero-order valence-electron chi connectivity index (χ0n) is 14.8. The second-order valence-electron chi connectivity index (χ2n) is 7.15. The van der Waals surface area contributed by atoms with Crippen LogP contribution in [-0.2, 0) is 13.1 Å². The Morgan fingerprint density at radius 1 is 1.04 bits per heavy atom. The highest BCUT2D eigenvalue weighted by Gasteiger charge is 2.25. The summed E-state index contributed by atoms with van der Waals surface area (Å²) in [5, 5.41) is 1.38. The van der Waals surface area contributed by atoms with Gasteiger partial charge in [0.2, 0.25) is 0 Å². The number of benzene rings is 1. The van der Waals surface area contributed by atoms with E-state index < -0.39 is 0 Å². The average Bonchev–Trinajstić information content (AvgIpc) is 3.05. The van der Waals surface area contributed by atoms with Crippen molar-refractivity contribution in [2.45, 2.75) is 38.9 Å². The summed E-state index contributed by atoms with van der Waals surface area (Å²) in [4.78, 5) is 5.38. The van der Waals surface area contributed by atoms with Gasteiger partial charge in [-0.3, -0.25) is 9.80 Å². The van der Waals surface area contributed by atoms with Gasteiger partial charge in [0, 0.05) is 57.0 Å². The van der Waals surface area contributed by atoms with Gasteiger partial charge in [0.25, 0.3) is 0 Å². The first-order chi connectivity index (χ1) is 11.8. The van der Waals surface area contributed by atoms with Crippen LogP contribution in [0.4, 0.5) is 0 Å². The summed E-state index contributed by atoms with van der Waals surface area (Å²) in [5.41, 5.74) is 2.82. The fraction of sp³-hybridized carbons (Fsp3) is 0.600. The number of aryl methyl sites for hydroxylation is 1. The van der Waals surface area contributed by atoms with E-state index in [1.54, 1.807) is 0 Å². The summed E-state index contributed by atoms with van der Waals surface area (Å²) in [5.74, 6) is 2.73. The van der Waals surface area contributed by atoms with Crippen molar-refractivity contribution in [2.75, 3.05) is 37.7 Å². The van der Waals surface area contributed by atoms with Gasteiger partial charge in [-0.2, -0.15) is 11.8 Å². The topological polar surface area (TPSA) is 11.4 Å². The first-order valence-corrected chi connectivity index (χ1v) is 10.6. The number of thioether (sulfide) groups is 1. The third-order valence-electron chi connectivity index (χ3n) is 5.70. The molecule has 2 saturated heterocycles. The van der Waals surface area contributed by atoms with E-state index in [-0.39, 0.29) is 0 Å². The van der Waals surface area contributed by atoms with Crippen molar-refractivity contribution in [3.63, 3.8) is 0 Å². The number of aromatic nitrogens is 1. The highest BCUT2D eigenvalue weighted by molar-refractivity contribution is 7.99. The largest absolute Gasteiger partial charge is 0.348 e. The van der Waals surface area contributed by atoms with Gasteiger partial charge in [0.05, 0.1) is 0 Å². The zero-order chi connectivity index (χ0) is 16.4. The second-order valence-corrected chi connectivity index (χ2v) is 8.38. The van der Waals surface area contributed by atoms with E-state index in [1.165, 1.54) is 67.0 Å². The maximum atomic E-state index is 2.75. The molecule has 130 valence electrons. The Labute approximate surface area is 150 Å². The normalized spacial score (nSPS) is 21.5. The lowest BCUT2D eigenvalue weighted by Crippen LogP contribution is -2.50. The molecule has 4 heteroatoms. The predicted octanol–water partition coefficient (Wildman–Crippen LogP) is 3.67. The Morgan fingerprint density at radius 3 is 2.58 bits per heavy atom. The maximum absolute atomic E-state index is 2.75. The number of rotatable bonds is 4. The maximum Gasteiger partial charge on any atom is 0.0480 e. The summed E-state index contributed by atoms with van der Waals surface area (Å²) in [6, 6.07) is 10.1. The fourth-order valence-corrected chi connectivity index (χ4v) is 5.30. The molecule has 3 heterocycles. The van der Waals surface area contributed by atoms with E-state index in [9.17, 15) is 0 Å². The Kier molecular flexibility index (Phi) is 5.16. The molecule has 3 nitrogen and oxygen atoms in total. The molecule has 2 aliphatic rings. The van der Waals surface area contributed by atoms with Gasteiger partial charge in [-0.25, -0.2) is 0 Å². The highest BCUT2D eigenvalue weighted by Crippen LogP contribution is 2.23. The van der Waals surface area contributed by atoms with Crippen molar-refractivity contribution in [3.05, 3.63) is 36.0 Å². The lowest BCUT2D eigenvalue weighted by molar-refractivity contribution is 0.0880. The first kappa shape index (κ1) is 16.5. The van der Waals surface area contributed by atoms with Crippen molar-refractivity contribution in [3.8, 4) is 0 Å². The molecule has 0 atom stereocenters. The van der Waals surface area contributed by atoms with E-state index >= 15 is 0 Å². The Morgan fingerprint density at radius 2 is 1.83 bits per heavy atom. The van der Waals surface area contributed by atoms with Crippen molar-refractivity contribution < 1.29 is 0 Å². The molecular formula is C20H29N3S. The zero-order valence-corrected chi connectivity index (χ0v) is 15.6. The van der Waals surface area contributed by atoms with Gasteiger partial charge in [0.1, 0.15) is 0 Å². The molecule has 0 bridgehead atoms. The van der Waals surface area contributed by atoms with Crippen molar-refractivity contribution in [2.24, 2.45) is 0 Å². The molecular weight excluding hydrogens is 314 g/mol. The Bertz CT molecular complexity index is 667. The van der Waals surface area contributed by atoms with Gasteiger partial charge in [-0.05, 0) is 60.4 Å². The lowest BCUT2D eigenvalue weighted by Gasteiger charge is -2.40. The van der Waals surface area contributed by atoms with Crippen LogP contribution in [0.5, 0.6) is 0 Å². The minimum Gasteiger partial charge on any atom is -0.348 e. The summed E-state index contributed by atoms with van der Waals surface area (Å²) >= 11 is 2.13. The highest BCUT2D eigenvalue weighted by atomic mass is 32.2. The molecule has 0 spiro atoms. The minimum absolute atomic E-state index is 0.860. The summed E-state index contributed by atoms with van der Waals surface area (Å²) < 4.78 is 2.32. The third-order valence-corrected chi connectivity index (χ3v) is 6.75. The van der Waals surface area contributed by atoms with Crippen LogP contribution in [0.25, 0.3) is 10.9 Å². The Hall–Kier alpha value is -0.970. The molecule has 2 aliphatic heterocycles. The molecule has 0 aliphatic carbocycles. The standard InChI is InChI=1S/C20H29N3S/c1-2-22-8-5-18-15-17(3-4-20(18)22)16-21-9-11-23(12-10-21)19-6-13-24-14-7-19/h3-5,8,15,19H,2,6-7,9-14,16H2,1H3. The summed E-state index contributed by atoms with van der Waals surface area (Å²) in [6.45, 7) is 9.30. The number of hydrogen-bond donors (Lipinski definition) is 0. The van der Waals surface area contributed by atoms with E-state index in [4.69, 9.17) is 0 Å². The van der Waals surface area contributed by atoms with Crippen molar-refractivity contribution in [1.82, 2.24) is 14.4 Å². The van der Waals surface area contributed by atoms with Gasteiger partial charge >= 0.3 is 0 Å². The smallest absolute Gasteiger partial charge is 0.0480 e. The minimum atomic E-state index is 0.860. The van der Waals surface area contributed by atoms with Crippen LogP contribution in [0, 0.1) is 0 Å². The number of hydrogen-bond acceptors (Lipinski definition) is 3. The Balaban J connectivity index is 1.35. The fourth-order valence-electron chi connectivity index (χ4n) is 4.22. The third kappa shape index (κ3) is 3.51. The summed E-state index contributed by atoms with van der Waals surface area (Å²) in [7, 11) is 0. The van der Waals surface area contributed by atoms with Crippen LogP contribution >= 0.6 is 11.8 Å². The molecule has 2 fully saturated rings. The quantitative estimate of drug-likeness (QED) is 0.840. The van der Waals surface area contributed by atoms with E-state index in [0.717, 1.165) is 19.1 Å². The van der Waals surface area contributed by atoms with E-state index in [0.29, 0.717) is 0 Å². The van der Waals surface area contributed by atoms with Crippen LogP contribution in [0.15, 0.2) is 30.5 Å². The average molecular weight is 344 g/mol. The molecule has 0 unspecified atom stereocenters. The number of piperazine rings is 1. The number of fused-ring (bicyclic) bond motifs is 1. The molecule has 4 rings (SSSR count). The molecule has 0 radical (unpaired) electrons. The second kappa shape index (κ2) is 7.51. The number of nitrogens with zero attached hydrogens (tertiary/aromatic N) is 3. The van der Waals surface area contributed by atoms with Gasteiger partial charge < -0.3 is 4.57 Å². The molecule has 0 saturated carbocycles. The van der Waals surface area contributed by atoms with Crippen molar-refractivity contribution >= 4 is 22.7 Å². The summed E-state index contributed by atoms with van der Waals surface area (Å²) in [6.07, 6.45) is 5.00. The molecule has 0 N–H and O–H groups in total. The monoisotopic (exact) mass is 343 g/mol. The van der Waals surface area contributed by atoms with Crippen LogP contribution in [-0.4, -0.2) is 58.1 Å². The van der Waals surface area contributed by atoms with Crippen LogP contribution in [0.3, 0.4) is 0 Å². The lowest BCUT2D eigenvalue weighted by atomic mass is 10.1. The van der Waals surface area contributed by atoms with Gasteiger partial charge in [0.15, 0.2) is 0 Å². The van der Waals surface area contributed by atoms with E-state index in [1.807, 2.05) is 0 Å². The van der Waals surface area contributed by atoms with Crippen LogP contribution < -0.4 is 0 Å². The first-order valence-electron chi connectivity index (χ1n) is 9.45. The van der Waals surface area contributed by atoms with Gasteiger partial charge in [-0.15, -0.1) is 0 Å². The molecule has 2 aromatic rings. The predicted molar refractivity (Wildman–Crippen MR) is 105 cm³/mol. The molecule has 24 heavy (non-hydrogen) atoms. The molecule has 0 amide bonds. The van der Waals surface area contributed by atoms with E-state index in [2.05, 4.69) is 63.5 Å². The SMILES string of the molecule is CCn1ccc2cc(CN3CCN(C4CCSCC4)CC3)ccc21. The van der Waals surface area contributed by atoms with Crippen molar-refractivity contribution in [1.29, 1.82) is 0 Å². The van der Waals surface area contributed by atoms with Crippen LogP contribution in [0.2, 0.25) is 0 Å². The molecule has 1 aromatic carbocycles. The van der Waals surface area contributed by atoms with Gasteiger partial charge in [-0.1, -0.05) is 6.07 Å². The van der Waals surface area contributed by atoms with Crippen LogP contribution in [0.1, 0.15) is 25.3 Å².